The number of benzene rings is 11. The maximum Gasteiger partial charge on any atom is 0.137 e. The lowest BCUT2D eigenvalue weighted by molar-refractivity contribution is 0.483. The molecule has 0 spiro atoms. The van der Waals surface area contributed by atoms with Crippen molar-refractivity contribution >= 4 is 98.3 Å². The van der Waals surface area contributed by atoms with E-state index in [4.69, 9.17) is 13.8 Å². The van der Waals surface area contributed by atoms with E-state index in [1.165, 1.54) is 16.3 Å². The fourth-order valence-corrected chi connectivity index (χ4v) is 13.5. The largest absolute Gasteiger partial charge is 0.457 e. The molecule has 1 aliphatic heterocycles. The Morgan fingerprint density at radius 3 is 1.63 bits per heavy atom. The summed E-state index contributed by atoms with van der Waals surface area (Å²) in [7, 11) is 0. The van der Waals surface area contributed by atoms with Gasteiger partial charge in [-0.25, -0.2) is 4.98 Å². The Hall–Kier alpha value is -10.4. The van der Waals surface area contributed by atoms with Crippen molar-refractivity contribution in [3.05, 3.63) is 272 Å². The van der Waals surface area contributed by atoms with Crippen LogP contribution in [0.25, 0.3) is 121 Å². The maximum absolute atomic E-state index is 9.19. The highest BCUT2D eigenvalue weighted by Crippen LogP contribution is 2.48. The normalized spacial score (nSPS) is 13.5. The van der Waals surface area contributed by atoms with Crippen molar-refractivity contribution in [2.75, 3.05) is 4.90 Å². The average Bonchev–Trinajstić information content (AvgIpc) is 1.60. The Balaban J connectivity index is 0.924. The molecule has 6 heteroatoms. The van der Waals surface area contributed by atoms with Gasteiger partial charge in [0.1, 0.15) is 24.0 Å². The van der Waals surface area contributed by atoms with E-state index in [-0.39, 0.29) is 40.6 Å². The number of rotatable bonds is 7. The lowest BCUT2D eigenvalue weighted by Gasteiger charge is -2.23. The van der Waals surface area contributed by atoms with Crippen molar-refractivity contribution in [1.29, 1.82) is 0 Å². The van der Waals surface area contributed by atoms with Gasteiger partial charge in [0.05, 0.1) is 51.3 Å². The fourth-order valence-electron chi connectivity index (χ4n) is 13.5. The molecule has 4 aromatic heterocycles. The third kappa shape index (κ3) is 8.26. The summed E-state index contributed by atoms with van der Waals surface area (Å²) < 4.78 is 58.8. The lowest BCUT2D eigenvalue weighted by Crippen LogP contribution is -2.15. The van der Waals surface area contributed by atoms with E-state index in [2.05, 4.69) is 266 Å². The van der Waals surface area contributed by atoms with Gasteiger partial charge in [0.25, 0.3) is 0 Å². The molecule has 86 heavy (non-hydrogen) atoms. The van der Waals surface area contributed by atoms with Crippen molar-refractivity contribution in [3.8, 4) is 45.3 Å². The molecule has 0 saturated carbocycles. The van der Waals surface area contributed by atoms with Crippen molar-refractivity contribution in [2.24, 2.45) is 0 Å². The maximum atomic E-state index is 9.19. The molecule has 0 unspecified atom stereocenters. The molecule has 6 nitrogen and oxygen atoms in total. The smallest absolute Gasteiger partial charge is 0.137 e. The van der Waals surface area contributed by atoms with Gasteiger partial charge in [-0.15, -0.1) is 0 Å². The Labute approximate surface area is 507 Å². The van der Waals surface area contributed by atoms with Gasteiger partial charge >= 0.3 is 0 Å². The van der Waals surface area contributed by atoms with Crippen LogP contribution >= 0.6 is 0 Å². The summed E-state index contributed by atoms with van der Waals surface area (Å²) >= 11 is 0. The van der Waals surface area contributed by atoms with Crippen LogP contribution in [0.5, 0.6) is 11.5 Å². The summed E-state index contributed by atoms with van der Waals surface area (Å²) in [6.45, 7) is 13.6. The Morgan fingerprint density at radius 1 is 0.407 bits per heavy atom. The number of ether oxygens (including phenoxy) is 1. The molecular formula is C80H63N5O. The molecule has 0 atom stereocenters. The van der Waals surface area contributed by atoms with Crippen molar-refractivity contribution < 1.29 is 11.6 Å². The van der Waals surface area contributed by atoms with Crippen molar-refractivity contribution in [2.45, 2.75) is 59.0 Å². The van der Waals surface area contributed by atoms with Gasteiger partial charge in [0.2, 0.25) is 0 Å². The van der Waals surface area contributed by atoms with Crippen LogP contribution in [0.1, 0.15) is 59.5 Å². The van der Waals surface area contributed by atoms with Crippen LogP contribution in [0.2, 0.25) is 0 Å². The van der Waals surface area contributed by atoms with E-state index >= 15 is 0 Å². The van der Waals surface area contributed by atoms with Gasteiger partial charge in [-0.05, 0) is 115 Å². The van der Waals surface area contributed by atoms with E-state index in [1.807, 2.05) is 24.4 Å². The third-order valence-electron chi connectivity index (χ3n) is 17.5. The molecule has 0 fully saturated rings. The second kappa shape index (κ2) is 19.6. The Kier molecular flexibility index (Phi) is 10.5. The molecular weight excluding hydrogens is 1050 g/mol. The molecule has 1 aliphatic rings. The van der Waals surface area contributed by atoms with Gasteiger partial charge in [-0.3, -0.25) is 4.57 Å². The molecule has 16 rings (SSSR count). The standard InChI is InChI=1S/C80H63N5O/c1-79(2,3)54-41-42-81-75(46-54)85-71-39-19-16-33-68(71)76-73(84-69-37-17-14-31-64(69)65-32-15-18-38-70(65)84)48-58(49-74(76)85)86-57-26-20-25-56(47-57)82-50-83-77-59(53-43-52(51-23-8-7-9-24-51)44-55(45-53)80(4,5)6)34-21-35-66(77)62-29-12-10-27-60(62)61-28-11-13-30-63(61)67-36-22-40-72(82)78(67)83/h7-49H,50H2,1-6H3/i7D,8D,9D,23D,24D. The summed E-state index contributed by atoms with van der Waals surface area (Å²) in [5, 5.41) is 11.0. The summed E-state index contributed by atoms with van der Waals surface area (Å²) in [4.78, 5) is 7.47. The summed E-state index contributed by atoms with van der Waals surface area (Å²) in [6.07, 6.45) is 1.93. The number of aromatic nitrogens is 4. The molecule has 0 N–H and O–H groups in total. The second-order valence-electron chi connectivity index (χ2n) is 24.8. The first kappa shape index (κ1) is 46.0. The molecule has 0 bridgehead atoms. The molecule has 414 valence electrons. The van der Waals surface area contributed by atoms with Crippen LogP contribution in [0.15, 0.2) is 261 Å². The van der Waals surface area contributed by atoms with Crippen LogP contribution in [0.3, 0.4) is 0 Å². The van der Waals surface area contributed by atoms with Gasteiger partial charge < -0.3 is 18.8 Å². The van der Waals surface area contributed by atoms with Crippen LogP contribution < -0.4 is 9.64 Å². The summed E-state index contributed by atoms with van der Waals surface area (Å²) in [6, 6.07) is 78.1. The zero-order valence-electron chi connectivity index (χ0n) is 53.8. The number of para-hydroxylation sites is 5. The number of anilines is 2. The Morgan fingerprint density at radius 2 is 0.965 bits per heavy atom. The highest BCUT2D eigenvalue weighted by molar-refractivity contribution is 6.22. The monoisotopic (exact) mass is 1110 g/mol. The van der Waals surface area contributed by atoms with Crippen molar-refractivity contribution in [1.82, 2.24) is 18.7 Å². The van der Waals surface area contributed by atoms with Crippen LogP contribution in [-0.2, 0) is 17.5 Å². The van der Waals surface area contributed by atoms with E-state index < -0.39 is 6.04 Å². The minimum Gasteiger partial charge on any atom is -0.457 e. The van der Waals surface area contributed by atoms with Crippen LogP contribution in [0.4, 0.5) is 11.4 Å². The lowest BCUT2D eigenvalue weighted by atomic mass is 9.83. The topological polar surface area (TPSA) is 40.1 Å². The summed E-state index contributed by atoms with van der Waals surface area (Å²) in [5.41, 5.74) is 13.4. The van der Waals surface area contributed by atoms with Gasteiger partial charge in [0.15, 0.2) is 0 Å². The first-order chi connectivity index (χ1) is 44.0. The number of fused-ring (bicyclic) bond motifs is 13. The first-order valence-electron chi connectivity index (χ1n) is 32.0. The van der Waals surface area contributed by atoms with E-state index in [9.17, 15) is 2.74 Å². The predicted octanol–water partition coefficient (Wildman–Crippen LogP) is 21.6. The van der Waals surface area contributed by atoms with Gasteiger partial charge in [-0.1, -0.05) is 223 Å². The number of hydrogen-bond acceptors (Lipinski definition) is 3. The van der Waals surface area contributed by atoms with Crippen LogP contribution in [0, 0.1) is 0 Å². The molecule has 0 radical (unpaired) electrons. The first-order valence-corrected chi connectivity index (χ1v) is 29.5. The zero-order chi connectivity index (χ0) is 62.4. The van der Waals surface area contributed by atoms with Crippen LogP contribution in [-0.4, -0.2) is 18.7 Å². The molecule has 0 saturated heterocycles. The number of hydrogen-bond donors (Lipinski definition) is 0. The average molecular weight is 1120 g/mol. The minimum absolute atomic E-state index is 0.113. The SMILES string of the molecule is [2H]c1c([2H])c([2H])c(-c2cc(-c3cccc4c5ccccc5c5ccccc5c5cccc6c5n(c34)CN6c3cccc(Oc4cc(-n5c6ccccc6c6ccccc65)c5c6ccccc6n(-c6cc(C(C)(C)C)ccn6)c5c4)c3)cc(C(C)(C)C)c2)c([2H])c1[2H]. The minimum atomic E-state index is -0.418. The molecule has 0 aliphatic carbocycles. The quantitative estimate of drug-likeness (QED) is 0.160. The predicted molar refractivity (Wildman–Crippen MR) is 362 cm³/mol. The van der Waals surface area contributed by atoms with E-state index in [0.29, 0.717) is 23.7 Å². The second-order valence-corrected chi connectivity index (χ2v) is 24.8. The summed E-state index contributed by atoms with van der Waals surface area (Å²) in [5.74, 6) is 2.16. The highest BCUT2D eigenvalue weighted by atomic mass is 16.5. The van der Waals surface area contributed by atoms with E-state index in [1.54, 1.807) is 0 Å². The zero-order valence-corrected chi connectivity index (χ0v) is 48.8. The number of nitrogens with zero attached hydrogens (tertiary/aromatic N) is 5. The van der Waals surface area contributed by atoms with Crippen molar-refractivity contribution in [3.63, 3.8) is 0 Å². The molecule has 5 heterocycles. The van der Waals surface area contributed by atoms with Gasteiger partial charge in [0, 0.05) is 68.0 Å². The van der Waals surface area contributed by atoms with E-state index in [0.717, 1.165) is 116 Å². The molecule has 15 aromatic rings. The third-order valence-corrected chi connectivity index (χ3v) is 17.5. The molecule has 0 amide bonds. The number of pyridine rings is 1. The highest BCUT2D eigenvalue weighted by Gasteiger charge is 2.28. The molecule has 11 aromatic carbocycles. The Bertz CT molecular complexity index is 5580. The van der Waals surface area contributed by atoms with Gasteiger partial charge in [-0.2, -0.15) is 0 Å². The fraction of sp³-hybridized carbons (Fsp3) is 0.113.